The normalized spacial score (nSPS) is 37.0. The van der Waals surface area contributed by atoms with Crippen LogP contribution in [0.25, 0.3) is 0 Å². The summed E-state index contributed by atoms with van der Waals surface area (Å²) in [7, 11) is 1.45. The molecule has 0 amide bonds. The highest BCUT2D eigenvalue weighted by Crippen LogP contribution is 2.23. The van der Waals surface area contributed by atoms with E-state index in [1.807, 2.05) is 0 Å². The summed E-state index contributed by atoms with van der Waals surface area (Å²) >= 11 is 0. The van der Waals surface area contributed by atoms with Gasteiger partial charge in [-0.3, -0.25) is 0 Å². The average molecular weight is 158 g/mol. The zero-order valence-electron chi connectivity index (χ0n) is 6.23. The maximum absolute atomic E-state index is 10.4. The maximum Gasteiger partial charge on any atom is 0.167 e. The summed E-state index contributed by atoms with van der Waals surface area (Å²) in [6, 6.07) is 0. The van der Waals surface area contributed by atoms with Gasteiger partial charge in [0.25, 0.3) is 0 Å². The van der Waals surface area contributed by atoms with Gasteiger partial charge in [0, 0.05) is 7.11 Å². The van der Waals surface area contributed by atoms with E-state index in [-0.39, 0.29) is 5.92 Å². The van der Waals surface area contributed by atoms with Crippen molar-refractivity contribution in [3.8, 4) is 0 Å². The molecule has 0 bridgehead atoms. The van der Waals surface area contributed by atoms with Crippen molar-refractivity contribution in [3.63, 3.8) is 0 Å². The molecule has 0 aromatic heterocycles. The first-order valence-corrected chi connectivity index (χ1v) is 3.40. The fourth-order valence-electron chi connectivity index (χ4n) is 1.15. The van der Waals surface area contributed by atoms with Crippen molar-refractivity contribution >= 4 is 12.6 Å². The van der Waals surface area contributed by atoms with E-state index in [1.54, 1.807) is 0 Å². The van der Waals surface area contributed by atoms with Crippen LogP contribution in [-0.2, 0) is 19.1 Å². The number of rotatable bonds is 3. The Labute approximate surface area is 64.5 Å². The maximum atomic E-state index is 10.4. The molecule has 0 radical (unpaired) electrons. The molecule has 62 valence electrons. The van der Waals surface area contributed by atoms with Gasteiger partial charge in [0.05, 0.1) is 5.92 Å². The second-order valence-electron chi connectivity index (χ2n) is 2.45. The minimum atomic E-state index is -0.539. The number of ether oxygens (including phenoxy) is 2. The van der Waals surface area contributed by atoms with E-state index in [0.717, 1.165) is 6.29 Å². The van der Waals surface area contributed by atoms with Crippen LogP contribution in [0.4, 0.5) is 0 Å². The van der Waals surface area contributed by atoms with E-state index in [4.69, 9.17) is 9.47 Å². The third-order valence-electron chi connectivity index (χ3n) is 1.72. The highest BCUT2D eigenvalue weighted by molar-refractivity contribution is 5.61. The highest BCUT2D eigenvalue weighted by atomic mass is 16.7. The standard InChI is InChI=1S/C7H10O4/c1-10-7-5(3-8)2-6(4-9)11-7/h3-7H,2H2,1H3/t5?,6-,7-/m0/s1. The van der Waals surface area contributed by atoms with E-state index in [2.05, 4.69) is 0 Å². The Hall–Kier alpha value is -0.740. The Bertz CT molecular complexity index is 157. The molecule has 1 rings (SSSR count). The van der Waals surface area contributed by atoms with E-state index in [9.17, 15) is 9.59 Å². The monoisotopic (exact) mass is 158 g/mol. The van der Waals surface area contributed by atoms with Gasteiger partial charge in [-0.05, 0) is 6.42 Å². The van der Waals surface area contributed by atoms with Gasteiger partial charge in [-0.1, -0.05) is 0 Å². The molecular weight excluding hydrogens is 148 g/mol. The predicted octanol–water partition coefficient (Wildman–Crippen LogP) is -0.238. The van der Waals surface area contributed by atoms with Gasteiger partial charge < -0.3 is 19.1 Å². The largest absolute Gasteiger partial charge is 0.355 e. The Balaban J connectivity index is 2.53. The van der Waals surface area contributed by atoms with Crippen LogP contribution in [0.3, 0.4) is 0 Å². The fourth-order valence-corrected chi connectivity index (χ4v) is 1.15. The van der Waals surface area contributed by atoms with Crippen LogP contribution >= 0.6 is 0 Å². The zero-order valence-corrected chi connectivity index (χ0v) is 6.23. The summed E-state index contributed by atoms with van der Waals surface area (Å²) in [5.41, 5.74) is 0. The van der Waals surface area contributed by atoms with E-state index in [1.165, 1.54) is 7.11 Å². The van der Waals surface area contributed by atoms with Crippen LogP contribution < -0.4 is 0 Å². The first kappa shape index (κ1) is 8.36. The fraction of sp³-hybridized carbons (Fsp3) is 0.714. The van der Waals surface area contributed by atoms with Gasteiger partial charge >= 0.3 is 0 Å². The molecule has 1 fully saturated rings. The number of carbonyl (C=O) groups excluding carboxylic acids is 2. The molecule has 1 aliphatic heterocycles. The van der Waals surface area contributed by atoms with E-state index >= 15 is 0 Å². The minimum absolute atomic E-state index is 0.296. The molecule has 3 atom stereocenters. The lowest BCUT2D eigenvalue weighted by Gasteiger charge is -2.10. The molecule has 0 aliphatic carbocycles. The average Bonchev–Trinajstić information content (AvgIpc) is 2.46. The van der Waals surface area contributed by atoms with Crippen molar-refractivity contribution in [3.05, 3.63) is 0 Å². The quantitative estimate of drug-likeness (QED) is 0.532. The molecule has 1 heterocycles. The van der Waals surface area contributed by atoms with Crippen molar-refractivity contribution in [1.82, 2.24) is 0 Å². The minimum Gasteiger partial charge on any atom is -0.355 e. The Morgan fingerprint density at radius 3 is 2.55 bits per heavy atom. The summed E-state index contributed by atoms with van der Waals surface area (Å²) in [4.78, 5) is 20.6. The molecular formula is C7H10O4. The SMILES string of the molecule is CO[C@H]1O[C@H](C=O)CC1C=O. The second kappa shape index (κ2) is 3.59. The first-order chi connectivity index (χ1) is 5.31. The molecule has 0 aromatic rings. The van der Waals surface area contributed by atoms with Crippen LogP contribution in [0.2, 0.25) is 0 Å². The summed E-state index contributed by atoms with van der Waals surface area (Å²) in [5.74, 6) is -0.296. The van der Waals surface area contributed by atoms with Gasteiger partial charge in [0.2, 0.25) is 0 Å². The molecule has 0 N–H and O–H groups in total. The number of hydrogen-bond acceptors (Lipinski definition) is 4. The van der Waals surface area contributed by atoms with Crippen LogP contribution in [0.15, 0.2) is 0 Å². The van der Waals surface area contributed by atoms with Crippen molar-refractivity contribution < 1.29 is 19.1 Å². The summed E-state index contributed by atoms with van der Waals surface area (Å²) in [6.45, 7) is 0. The number of aldehydes is 2. The molecule has 1 unspecified atom stereocenters. The molecule has 4 nitrogen and oxygen atoms in total. The third-order valence-corrected chi connectivity index (χ3v) is 1.72. The molecule has 0 aromatic carbocycles. The van der Waals surface area contributed by atoms with Gasteiger partial charge in [0.15, 0.2) is 6.29 Å². The lowest BCUT2D eigenvalue weighted by molar-refractivity contribution is -0.147. The van der Waals surface area contributed by atoms with E-state index < -0.39 is 12.4 Å². The Morgan fingerprint density at radius 2 is 2.18 bits per heavy atom. The van der Waals surface area contributed by atoms with Gasteiger partial charge in [-0.2, -0.15) is 0 Å². The lowest BCUT2D eigenvalue weighted by atomic mass is 10.1. The van der Waals surface area contributed by atoms with Crippen LogP contribution in [0, 0.1) is 5.92 Å². The molecule has 0 spiro atoms. The number of hydrogen-bond donors (Lipinski definition) is 0. The third kappa shape index (κ3) is 1.64. The van der Waals surface area contributed by atoms with Crippen molar-refractivity contribution in [2.24, 2.45) is 5.92 Å². The van der Waals surface area contributed by atoms with Gasteiger partial charge in [0.1, 0.15) is 18.7 Å². The van der Waals surface area contributed by atoms with Gasteiger partial charge in [-0.25, -0.2) is 0 Å². The number of carbonyl (C=O) groups is 2. The molecule has 1 saturated heterocycles. The first-order valence-electron chi connectivity index (χ1n) is 3.40. The smallest absolute Gasteiger partial charge is 0.167 e. The van der Waals surface area contributed by atoms with Crippen molar-refractivity contribution in [1.29, 1.82) is 0 Å². The topological polar surface area (TPSA) is 52.6 Å². The Kier molecular flexibility index (Phi) is 2.73. The van der Waals surface area contributed by atoms with Crippen molar-refractivity contribution in [2.45, 2.75) is 18.8 Å². The molecule has 11 heavy (non-hydrogen) atoms. The second-order valence-corrected chi connectivity index (χ2v) is 2.45. The summed E-state index contributed by atoms with van der Waals surface area (Å²) in [5, 5.41) is 0. The van der Waals surface area contributed by atoms with Crippen LogP contribution in [0.5, 0.6) is 0 Å². The highest BCUT2D eigenvalue weighted by Gasteiger charge is 2.34. The van der Waals surface area contributed by atoms with Gasteiger partial charge in [-0.15, -0.1) is 0 Å². The summed E-state index contributed by atoms with van der Waals surface area (Å²) in [6.07, 6.45) is 0.872. The molecule has 0 saturated carbocycles. The van der Waals surface area contributed by atoms with Crippen LogP contribution in [0.1, 0.15) is 6.42 Å². The van der Waals surface area contributed by atoms with E-state index in [0.29, 0.717) is 12.7 Å². The lowest BCUT2D eigenvalue weighted by Crippen LogP contribution is -2.19. The van der Waals surface area contributed by atoms with Crippen molar-refractivity contribution in [2.75, 3.05) is 7.11 Å². The van der Waals surface area contributed by atoms with Crippen LogP contribution in [-0.4, -0.2) is 32.1 Å². The summed E-state index contributed by atoms with van der Waals surface area (Å²) < 4.78 is 9.88. The molecule has 1 aliphatic rings. The number of methoxy groups -OCH3 is 1. The Morgan fingerprint density at radius 1 is 1.45 bits per heavy atom. The molecule has 4 heteroatoms. The zero-order chi connectivity index (χ0) is 8.27. The predicted molar refractivity (Wildman–Crippen MR) is 35.9 cm³/mol.